The highest BCUT2D eigenvalue weighted by atomic mass is 16.7. The van der Waals surface area contributed by atoms with Crippen LogP contribution in [0.1, 0.15) is 271 Å². The van der Waals surface area contributed by atoms with Gasteiger partial charge in [0, 0.05) is 12.8 Å². The van der Waals surface area contributed by atoms with Gasteiger partial charge in [0.1, 0.15) is 13.2 Å². The second kappa shape index (κ2) is 79.1. The number of allylic oxidation sites excluding steroid dienone is 38. The third-order valence-electron chi connectivity index (χ3n) is 15.9. The smallest absolute Gasteiger partial charge is 0.361 e. The van der Waals surface area contributed by atoms with Gasteiger partial charge in [0.25, 0.3) is 6.29 Å². The summed E-state index contributed by atoms with van der Waals surface area (Å²) in [6.45, 7) is 4.60. The van der Waals surface area contributed by atoms with Crippen LogP contribution in [0.3, 0.4) is 0 Å². The number of likely N-dealkylation sites (N-methyl/N-ethyl adjacent to an activating group) is 1. The Bertz CT molecular complexity index is 2520. The van der Waals surface area contributed by atoms with Crippen LogP contribution in [0.2, 0.25) is 0 Å². The van der Waals surface area contributed by atoms with Crippen LogP contribution < -0.4 is 0 Å². The van der Waals surface area contributed by atoms with Crippen molar-refractivity contribution >= 4 is 17.9 Å². The lowest BCUT2D eigenvalue weighted by molar-refractivity contribution is -0.870. The number of unbranched alkanes of at least 4 members (excludes halogenated alkanes) is 17. The van der Waals surface area contributed by atoms with Crippen LogP contribution in [-0.2, 0) is 33.3 Å². The first-order chi connectivity index (χ1) is 49.6. The normalized spacial score (nSPS) is 14.0. The highest BCUT2D eigenvalue weighted by Gasteiger charge is 2.25. The molecule has 9 heteroatoms. The fourth-order valence-electron chi connectivity index (χ4n) is 9.98. The predicted molar refractivity (Wildman–Crippen MR) is 437 cm³/mol. The Labute approximate surface area is 619 Å². The predicted octanol–water partition coefficient (Wildman–Crippen LogP) is 25.8. The summed E-state index contributed by atoms with van der Waals surface area (Å²) < 4.78 is 23.0. The molecular weight excluding hydrogens is 1250 g/mol. The fraction of sp³-hybridized carbons (Fsp3) is 0.554. The second-order valence-corrected chi connectivity index (χ2v) is 26.6. The maximum absolute atomic E-state index is 13.0. The van der Waals surface area contributed by atoms with E-state index in [9.17, 15) is 19.5 Å². The molecule has 2 atom stereocenters. The van der Waals surface area contributed by atoms with Gasteiger partial charge in [0.05, 0.1) is 34.4 Å². The molecule has 0 aliphatic rings. The maximum Gasteiger partial charge on any atom is 0.361 e. The molecule has 0 aromatic rings. The van der Waals surface area contributed by atoms with Gasteiger partial charge in [0.2, 0.25) is 0 Å². The van der Waals surface area contributed by atoms with Gasteiger partial charge in [-0.05, 0) is 161 Å². The van der Waals surface area contributed by atoms with Crippen molar-refractivity contribution in [3.8, 4) is 0 Å². The van der Waals surface area contributed by atoms with E-state index in [0.717, 1.165) is 193 Å². The number of nitrogens with zero attached hydrogens (tertiary/aromatic N) is 1. The Morgan fingerprint density at radius 2 is 0.535 bits per heavy atom. The van der Waals surface area contributed by atoms with Crippen molar-refractivity contribution in [3.05, 3.63) is 231 Å². The summed E-state index contributed by atoms with van der Waals surface area (Å²) in [5.74, 6) is -2.05. The second-order valence-electron chi connectivity index (χ2n) is 26.6. The summed E-state index contributed by atoms with van der Waals surface area (Å²) in [6, 6.07) is 0. The third-order valence-corrected chi connectivity index (χ3v) is 15.9. The molecule has 1 N–H and O–H groups in total. The largest absolute Gasteiger partial charge is 0.477 e. The van der Waals surface area contributed by atoms with Crippen molar-refractivity contribution in [1.82, 2.24) is 0 Å². The standard InChI is InChI=1S/C92H143NO8/c1-6-8-10-12-14-16-18-20-22-24-26-28-30-32-34-36-38-40-42-44-45-47-48-50-52-54-56-58-60-62-64-66-68-70-72-74-76-78-80-82-89(94)99-86-88(87-100-92(91(96)97)98-85-84-93(3,4)5)101-90(95)83-81-79-77-75-73-71-69-67-65-63-61-59-57-55-53-51-49-46-43-41-39-37-35-33-31-29-27-25-23-21-19-17-15-13-11-9-7-2/h8-11,14-17,20-23,26-29,32-35,38-41,44-46,48-50,53-56,59,61,65,67,88,92H,6-7,12-13,18-19,24-25,30-31,36-37,42-43,47,51-52,57-58,60,62-64,66,68-87H2,1-5H3/p+1/b10-8-,11-9-,16-14-,17-15-,22-20-,23-21-,28-26-,29-27-,34-32-,35-33-,40-38-,41-39-,45-44-,49-46-,50-48-,55-53-,56-54-,61-59-,67-65-. The molecule has 0 radical (unpaired) electrons. The van der Waals surface area contributed by atoms with Crippen molar-refractivity contribution in [3.63, 3.8) is 0 Å². The van der Waals surface area contributed by atoms with Gasteiger partial charge >= 0.3 is 17.9 Å². The number of carboxylic acids is 1. The monoisotopic (exact) mass is 1390 g/mol. The van der Waals surface area contributed by atoms with Gasteiger partial charge in [-0.25, -0.2) is 4.79 Å². The van der Waals surface area contributed by atoms with Gasteiger partial charge in [-0.3, -0.25) is 9.59 Å². The molecule has 101 heavy (non-hydrogen) atoms. The third kappa shape index (κ3) is 80.5. The number of hydrogen-bond donors (Lipinski definition) is 1. The zero-order valence-electron chi connectivity index (χ0n) is 64.5. The Hall–Kier alpha value is -6.65. The van der Waals surface area contributed by atoms with E-state index in [2.05, 4.69) is 245 Å². The summed E-state index contributed by atoms with van der Waals surface area (Å²) in [7, 11) is 5.96. The van der Waals surface area contributed by atoms with Crippen LogP contribution >= 0.6 is 0 Å². The van der Waals surface area contributed by atoms with Crippen molar-refractivity contribution in [2.75, 3.05) is 47.5 Å². The van der Waals surface area contributed by atoms with E-state index in [1.165, 1.54) is 44.9 Å². The lowest BCUT2D eigenvalue weighted by Gasteiger charge is -2.25. The average molecular weight is 1390 g/mol. The lowest BCUT2D eigenvalue weighted by Crippen LogP contribution is -2.40. The minimum absolute atomic E-state index is 0.172. The van der Waals surface area contributed by atoms with E-state index in [1.807, 2.05) is 21.1 Å². The van der Waals surface area contributed by atoms with Crippen LogP contribution in [0.25, 0.3) is 0 Å². The molecule has 2 unspecified atom stereocenters. The topological polar surface area (TPSA) is 108 Å². The minimum atomic E-state index is -1.53. The van der Waals surface area contributed by atoms with E-state index in [0.29, 0.717) is 17.4 Å². The Morgan fingerprint density at radius 1 is 0.297 bits per heavy atom. The number of rotatable bonds is 70. The maximum atomic E-state index is 13.0. The molecule has 0 fully saturated rings. The molecule has 0 aromatic heterocycles. The number of hydrogen-bond acceptors (Lipinski definition) is 7. The molecule has 0 aliphatic carbocycles. The first-order valence-electron chi connectivity index (χ1n) is 39.5. The van der Waals surface area contributed by atoms with Gasteiger partial charge in [-0.2, -0.15) is 0 Å². The van der Waals surface area contributed by atoms with Crippen LogP contribution in [0, 0.1) is 0 Å². The number of esters is 2. The molecule has 0 spiro atoms. The van der Waals surface area contributed by atoms with Crippen molar-refractivity contribution in [2.45, 2.75) is 283 Å². The minimum Gasteiger partial charge on any atom is -0.477 e. The van der Waals surface area contributed by atoms with Gasteiger partial charge in [-0.15, -0.1) is 0 Å². The Kier molecular flexibility index (Phi) is 73.9. The Morgan fingerprint density at radius 3 is 0.792 bits per heavy atom. The molecule has 0 amide bonds. The SMILES string of the molecule is CC/C=C\C/C=C\C/C=C\C/C=C\C/C=C\C/C=C\C/C=C\C/C=C\C/C=C\C/C=C\CCCCCCCCC(=O)OC(COC(=O)CCCCCCCCCCCCC/C=C\C/C=C\C/C=C\C/C=C\C/C=C\C/C=C\C/C=C\C/C=C\C/C=C\CC)COC(OCC[N+](C)(C)C)C(=O)O. The number of quaternary nitrogens is 1. The van der Waals surface area contributed by atoms with Gasteiger partial charge < -0.3 is 28.5 Å². The summed E-state index contributed by atoms with van der Waals surface area (Å²) in [5.41, 5.74) is 0. The van der Waals surface area contributed by atoms with E-state index >= 15 is 0 Å². The van der Waals surface area contributed by atoms with Gasteiger partial charge in [0.15, 0.2) is 6.10 Å². The summed E-state index contributed by atoms with van der Waals surface area (Å²) in [4.78, 5) is 37.7. The van der Waals surface area contributed by atoms with Crippen LogP contribution in [0.4, 0.5) is 0 Å². The van der Waals surface area contributed by atoms with E-state index in [4.69, 9.17) is 18.9 Å². The van der Waals surface area contributed by atoms with Crippen LogP contribution in [0.5, 0.6) is 0 Å². The molecule has 0 aromatic carbocycles. The van der Waals surface area contributed by atoms with Crippen LogP contribution in [-0.4, -0.2) is 87.4 Å². The molecule has 0 rings (SSSR count). The molecule has 9 nitrogen and oxygen atoms in total. The van der Waals surface area contributed by atoms with Crippen molar-refractivity contribution in [2.24, 2.45) is 0 Å². The highest BCUT2D eigenvalue weighted by molar-refractivity contribution is 5.71. The van der Waals surface area contributed by atoms with E-state index in [-0.39, 0.29) is 38.6 Å². The molecule has 564 valence electrons. The number of carbonyl (C=O) groups is 3. The summed E-state index contributed by atoms with van der Waals surface area (Å²) >= 11 is 0. The van der Waals surface area contributed by atoms with Gasteiger partial charge in [-0.1, -0.05) is 328 Å². The van der Waals surface area contributed by atoms with Crippen molar-refractivity contribution < 1.29 is 42.9 Å². The number of aliphatic carboxylic acids is 1. The van der Waals surface area contributed by atoms with Crippen LogP contribution in [0.15, 0.2) is 231 Å². The first kappa shape index (κ1) is 94.4. The van der Waals surface area contributed by atoms with E-state index < -0.39 is 24.3 Å². The number of ether oxygens (including phenoxy) is 4. The van der Waals surface area contributed by atoms with E-state index in [1.54, 1.807) is 0 Å². The number of carboxylic acid groups (broad SMARTS) is 1. The molecule has 0 bridgehead atoms. The summed E-state index contributed by atoms with van der Waals surface area (Å²) in [6.07, 6.45) is 123. The zero-order chi connectivity index (χ0) is 73.2. The molecule has 0 saturated heterocycles. The molecule has 0 heterocycles. The highest BCUT2D eigenvalue weighted by Crippen LogP contribution is 2.16. The summed E-state index contributed by atoms with van der Waals surface area (Å²) in [5, 5.41) is 9.77. The molecule has 0 aliphatic heterocycles. The van der Waals surface area contributed by atoms with Crippen molar-refractivity contribution in [1.29, 1.82) is 0 Å². The Balaban J connectivity index is 4.19. The zero-order valence-corrected chi connectivity index (χ0v) is 64.5. The quantitative estimate of drug-likeness (QED) is 0.0211. The lowest BCUT2D eigenvalue weighted by atomic mass is 10.0. The first-order valence-corrected chi connectivity index (χ1v) is 39.5. The number of carbonyl (C=O) groups excluding carboxylic acids is 2. The molecule has 0 saturated carbocycles. The average Bonchev–Trinajstić information content (AvgIpc) is 1.25. The molecular formula is C92H144NO8+. The fourth-order valence-corrected chi connectivity index (χ4v) is 9.98.